The van der Waals surface area contributed by atoms with Gasteiger partial charge in [-0.15, -0.1) is 0 Å². The van der Waals surface area contributed by atoms with Gasteiger partial charge >= 0.3 is 0 Å². The molecule has 0 amide bonds. The van der Waals surface area contributed by atoms with Gasteiger partial charge in [0.05, 0.1) is 5.92 Å². The van der Waals surface area contributed by atoms with Crippen LogP contribution < -0.4 is 0 Å². The van der Waals surface area contributed by atoms with Crippen LogP contribution in [-0.4, -0.2) is 10.3 Å². The first-order chi connectivity index (χ1) is 8.92. The summed E-state index contributed by atoms with van der Waals surface area (Å²) in [7, 11) is 0. The summed E-state index contributed by atoms with van der Waals surface area (Å²) in [5.41, 5.74) is 1.55. The number of phenols is 1. The van der Waals surface area contributed by atoms with E-state index in [4.69, 9.17) is 11.6 Å². The zero-order chi connectivity index (χ0) is 15.7. The Morgan fingerprint density at radius 3 is 2.15 bits per heavy atom. The van der Waals surface area contributed by atoms with Crippen LogP contribution in [0, 0.1) is 5.41 Å². The number of carbonyl (C=O) groups is 1. The van der Waals surface area contributed by atoms with Crippen molar-refractivity contribution in [3.63, 3.8) is 0 Å². The summed E-state index contributed by atoms with van der Waals surface area (Å²) in [5, 5.41) is 9.66. The van der Waals surface area contributed by atoms with Crippen molar-refractivity contribution in [2.24, 2.45) is 5.41 Å². The van der Waals surface area contributed by atoms with Gasteiger partial charge in [0, 0.05) is 0 Å². The summed E-state index contributed by atoms with van der Waals surface area (Å²) in [5.74, 6) is -0.0730. The molecule has 1 aromatic rings. The summed E-state index contributed by atoms with van der Waals surface area (Å²) < 4.78 is 0. The Balaban J connectivity index is 3.26. The number of aromatic hydroxyl groups is 1. The van der Waals surface area contributed by atoms with E-state index in [1.165, 1.54) is 0 Å². The predicted molar refractivity (Wildman–Crippen MR) is 84.5 cm³/mol. The highest BCUT2D eigenvalue weighted by Crippen LogP contribution is 2.37. The molecule has 3 heteroatoms. The molecule has 0 heterocycles. The van der Waals surface area contributed by atoms with Crippen molar-refractivity contribution < 1.29 is 9.90 Å². The second kappa shape index (κ2) is 5.77. The maximum atomic E-state index is 11.8. The highest BCUT2D eigenvalue weighted by molar-refractivity contribution is 6.64. The minimum Gasteiger partial charge on any atom is -0.508 e. The average Bonchev–Trinajstić information content (AvgIpc) is 2.23. The average molecular weight is 297 g/mol. The number of rotatable bonds is 3. The van der Waals surface area contributed by atoms with Crippen LogP contribution >= 0.6 is 11.6 Å². The Hall–Kier alpha value is -1.02. The van der Waals surface area contributed by atoms with Gasteiger partial charge < -0.3 is 5.11 Å². The van der Waals surface area contributed by atoms with Crippen LogP contribution in [0.2, 0.25) is 0 Å². The molecular weight excluding hydrogens is 272 g/mol. The Bertz CT molecular complexity index is 493. The molecule has 0 bridgehead atoms. The van der Waals surface area contributed by atoms with E-state index < -0.39 is 0 Å². The molecule has 0 aromatic heterocycles. The van der Waals surface area contributed by atoms with Crippen LogP contribution in [0.25, 0.3) is 0 Å². The Morgan fingerprint density at radius 1 is 1.20 bits per heavy atom. The molecule has 20 heavy (non-hydrogen) atoms. The maximum absolute atomic E-state index is 11.8. The summed E-state index contributed by atoms with van der Waals surface area (Å²) in [6.07, 6.45) is 0.684. The summed E-state index contributed by atoms with van der Waals surface area (Å²) in [6, 6.07) is 5.36. The minimum atomic E-state index is -0.342. The highest BCUT2D eigenvalue weighted by Gasteiger charge is 2.27. The van der Waals surface area contributed by atoms with Crippen molar-refractivity contribution in [1.29, 1.82) is 0 Å². The molecule has 1 unspecified atom stereocenters. The van der Waals surface area contributed by atoms with Crippen LogP contribution in [0.15, 0.2) is 18.2 Å². The van der Waals surface area contributed by atoms with E-state index in [9.17, 15) is 9.90 Å². The third kappa shape index (κ3) is 4.52. The lowest BCUT2D eigenvalue weighted by molar-refractivity contribution is -0.113. The van der Waals surface area contributed by atoms with E-state index >= 15 is 0 Å². The fourth-order valence-corrected chi connectivity index (χ4v) is 2.52. The lowest BCUT2D eigenvalue weighted by Crippen LogP contribution is -2.18. The van der Waals surface area contributed by atoms with Crippen molar-refractivity contribution in [2.45, 2.75) is 59.3 Å². The molecule has 0 aliphatic heterocycles. The zero-order valence-corrected chi connectivity index (χ0v) is 14.0. The second-order valence-electron chi connectivity index (χ2n) is 7.65. The molecule has 0 aliphatic carbocycles. The molecule has 1 atom stereocenters. The topological polar surface area (TPSA) is 37.3 Å². The van der Waals surface area contributed by atoms with E-state index in [1.54, 1.807) is 12.1 Å². The first-order valence-electron chi connectivity index (χ1n) is 6.94. The lowest BCUT2D eigenvalue weighted by Gasteiger charge is -2.26. The van der Waals surface area contributed by atoms with E-state index in [2.05, 4.69) is 20.8 Å². The van der Waals surface area contributed by atoms with Crippen molar-refractivity contribution >= 4 is 16.8 Å². The summed E-state index contributed by atoms with van der Waals surface area (Å²) in [6.45, 7) is 12.4. The van der Waals surface area contributed by atoms with Crippen molar-refractivity contribution in [2.75, 3.05) is 0 Å². The predicted octanol–water partition coefficient (Wildman–Crippen LogP) is 4.97. The molecule has 112 valence electrons. The van der Waals surface area contributed by atoms with Crippen LogP contribution in [0.5, 0.6) is 5.75 Å². The molecule has 0 saturated carbocycles. The number of halogens is 1. The van der Waals surface area contributed by atoms with Crippen molar-refractivity contribution in [1.82, 2.24) is 0 Å². The second-order valence-corrected chi connectivity index (χ2v) is 8.02. The van der Waals surface area contributed by atoms with Crippen LogP contribution in [0.1, 0.15) is 65.0 Å². The van der Waals surface area contributed by atoms with E-state index in [0.29, 0.717) is 6.42 Å². The number of phenolic OH excluding ortho intramolecular Hbond substituents is 1. The molecule has 0 aliphatic rings. The van der Waals surface area contributed by atoms with Crippen molar-refractivity contribution in [3.05, 3.63) is 29.3 Å². The molecule has 1 aromatic carbocycles. The first kappa shape index (κ1) is 17.0. The van der Waals surface area contributed by atoms with Crippen molar-refractivity contribution in [3.8, 4) is 5.75 Å². The molecule has 0 spiro atoms. The monoisotopic (exact) mass is 296 g/mol. The fraction of sp³-hybridized carbons (Fsp3) is 0.588. The van der Waals surface area contributed by atoms with Gasteiger partial charge in [0.25, 0.3) is 0 Å². The Kier molecular flexibility index (Phi) is 4.91. The van der Waals surface area contributed by atoms with Crippen LogP contribution in [0.3, 0.4) is 0 Å². The molecule has 1 N–H and O–H groups in total. The normalized spacial score (nSPS) is 14.2. The molecule has 0 saturated heterocycles. The van der Waals surface area contributed by atoms with Gasteiger partial charge in [-0.1, -0.05) is 53.7 Å². The first-order valence-corrected chi connectivity index (χ1v) is 7.32. The van der Waals surface area contributed by atoms with E-state index in [1.807, 2.05) is 26.8 Å². The summed E-state index contributed by atoms with van der Waals surface area (Å²) >= 11 is 5.79. The van der Waals surface area contributed by atoms with E-state index in [-0.39, 0.29) is 27.7 Å². The minimum absolute atomic E-state index is 0.00893. The molecule has 2 nitrogen and oxygen atoms in total. The number of hydrogen-bond donors (Lipinski definition) is 1. The number of benzene rings is 1. The van der Waals surface area contributed by atoms with Crippen LogP contribution in [-0.2, 0) is 10.2 Å². The standard InChI is InChI=1S/C17H25ClO2/c1-16(2,3)10-12(15(18)20)11-7-8-14(19)13(9-11)17(4,5)6/h7-9,12,19H,10H2,1-6H3. The van der Waals surface area contributed by atoms with E-state index in [0.717, 1.165) is 11.1 Å². The fourth-order valence-electron chi connectivity index (χ4n) is 2.31. The number of carbonyl (C=O) groups excluding carboxylic acids is 1. The Labute approximate surface area is 127 Å². The Morgan fingerprint density at radius 2 is 1.75 bits per heavy atom. The number of hydrogen-bond acceptors (Lipinski definition) is 2. The maximum Gasteiger partial charge on any atom is 0.229 e. The highest BCUT2D eigenvalue weighted by atomic mass is 35.5. The largest absolute Gasteiger partial charge is 0.508 e. The van der Waals surface area contributed by atoms with Gasteiger partial charge in [-0.25, -0.2) is 0 Å². The molecular formula is C17H25ClO2. The van der Waals surface area contributed by atoms with Gasteiger partial charge in [0.2, 0.25) is 5.24 Å². The third-order valence-corrected chi connectivity index (χ3v) is 3.58. The van der Waals surface area contributed by atoms with Gasteiger partial charge in [-0.05, 0) is 46.0 Å². The smallest absolute Gasteiger partial charge is 0.229 e. The van der Waals surface area contributed by atoms with Gasteiger partial charge in [-0.3, -0.25) is 4.79 Å². The molecule has 0 fully saturated rings. The lowest BCUT2D eigenvalue weighted by atomic mass is 9.79. The van der Waals surface area contributed by atoms with Gasteiger partial charge in [-0.2, -0.15) is 0 Å². The quantitative estimate of drug-likeness (QED) is 0.799. The van der Waals surface area contributed by atoms with Gasteiger partial charge in [0.15, 0.2) is 0 Å². The van der Waals surface area contributed by atoms with Gasteiger partial charge in [0.1, 0.15) is 5.75 Å². The SMILES string of the molecule is CC(C)(C)CC(C(=O)Cl)c1ccc(O)c(C(C)(C)C)c1. The molecule has 1 rings (SSSR count). The molecule has 0 radical (unpaired) electrons. The third-order valence-electron chi connectivity index (χ3n) is 3.32. The summed E-state index contributed by atoms with van der Waals surface area (Å²) in [4.78, 5) is 11.8. The van der Waals surface area contributed by atoms with Crippen LogP contribution in [0.4, 0.5) is 0 Å². The zero-order valence-electron chi connectivity index (χ0n) is 13.2.